The largest absolute Gasteiger partial charge is 0.351 e. The fourth-order valence-electron chi connectivity index (χ4n) is 1.24. The van der Waals surface area contributed by atoms with Crippen LogP contribution in [0.5, 0.6) is 0 Å². The average Bonchev–Trinajstić information content (AvgIpc) is 2.26. The van der Waals surface area contributed by atoms with Crippen LogP contribution >= 0.6 is 0 Å². The normalized spacial score (nSPS) is 12.6. The van der Waals surface area contributed by atoms with Gasteiger partial charge in [0.25, 0.3) is 0 Å². The maximum absolute atomic E-state index is 13.2. The first-order chi connectivity index (χ1) is 7.52. The summed E-state index contributed by atoms with van der Waals surface area (Å²) in [6, 6.07) is 5.79. The molecule has 0 bridgehead atoms. The van der Waals surface area contributed by atoms with E-state index in [1.54, 1.807) is 18.2 Å². The summed E-state index contributed by atoms with van der Waals surface area (Å²) in [5.41, 5.74) is 6.12. The Morgan fingerprint density at radius 3 is 2.62 bits per heavy atom. The lowest BCUT2D eigenvalue weighted by molar-refractivity contribution is -0.123. The summed E-state index contributed by atoms with van der Waals surface area (Å²) in [7, 11) is 0. The number of halogens is 1. The molecule has 0 unspecified atom stereocenters. The Morgan fingerprint density at radius 2 is 2.06 bits per heavy atom. The molecule has 3 N–H and O–H groups in total. The zero-order valence-corrected chi connectivity index (χ0v) is 9.53. The highest BCUT2D eigenvalue weighted by atomic mass is 19.1. The lowest BCUT2D eigenvalue weighted by Crippen LogP contribution is -2.43. The molecule has 1 atom stereocenters. The van der Waals surface area contributed by atoms with Gasteiger partial charge in [0, 0.05) is 12.1 Å². The second-order valence-electron chi connectivity index (χ2n) is 4.08. The van der Waals surface area contributed by atoms with Gasteiger partial charge in [0.05, 0.1) is 6.04 Å². The van der Waals surface area contributed by atoms with Gasteiger partial charge < -0.3 is 11.1 Å². The molecule has 1 rings (SSSR count). The maximum atomic E-state index is 13.2. The van der Waals surface area contributed by atoms with Crippen molar-refractivity contribution in [2.45, 2.75) is 26.4 Å². The van der Waals surface area contributed by atoms with Gasteiger partial charge in [-0.25, -0.2) is 4.39 Å². The number of hydrogen-bond donors (Lipinski definition) is 2. The Bertz CT molecular complexity index is 366. The van der Waals surface area contributed by atoms with E-state index in [0.29, 0.717) is 5.56 Å². The van der Waals surface area contributed by atoms with E-state index < -0.39 is 6.04 Å². The number of carbonyl (C=O) groups is 1. The van der Waals surface area contributed by atoms with Crippen LogP contribution in [0, 0.1) is 11.7 Å². The third kappa shape index (κ3) is 3.31. The molecule has 1 amide bonds. The summed E-state index contributed by atoms with van der Waals surface area (Å²) in [6.07, 6.45) is 0. The third-order valence-electron chi connectivity index (χ3n) is 2.43. The first-order valence-electron chi connectivity index (χ1n) is 5.29. The first-order valence-corrected chi connectivity index (χ1v) is 5.29. The Morgan fingerprint density at radius 1 is 1.44 bits per heavy atom. The third-order valence-corrected chi connectivity index (χ3v) is 2.43. The standard InChI is InChI=1S/C12H17FN2O/c1-8(2)11(14)12(16)15-7-9-5-3-4-6-10(9)13/h3-6,8,11H,7,14H2,1-2H3,(H,15,16)/t11-/m1/s1. The van der Waals surface area contributed by atoms with Crippen molar-refractivity contribution in [3.63, 3.8) is 0 Å². The van der Waals surface area contributed by atoms with Gasteiger partial charge in [-0.15, -0.1) is 0 Å². The monoisotopic (exact) mass is 224 g/mol. The number of carbonyl (C=O) groups excluding carboxylic acids is 1. The zero-order chi connectivity index (χ0) is 12.1. The average molecular weight is 224 g/mol. The lowest BCUT2D eigenvalue weighted by Gasteiger charge is -2.15. The second-order valence-corrected chi connectivity index (χ2v) is 4.08. The van der Waals surface area contributed by atoms with E-state index in [4.69, 9.17) is 5.73 Å². The van der Waals surface area contributed by atoms with Crippen LogP contribution in [0.15, 0.2) is 24.3 Å². The van der Waals surface area contributed by atoms with Gasteiger partial charge in [0.15, 0.2) is 0 Å². The molecular weight excluding hydrogens is 207 g/mol. The van der Waals surface area contributed by atoms with E-state index in [9.17, 15) is 9.18 Å². The van der Waals surface area contributed by atoms with E-state index in [-0.39, 0.29) is 24.2 Å². The van der Waals surface area contributed by atoms with Gasteiger partial charge in [-0.1, -0.05) is 32.0 Å². The van der Waals surface area contributed by atoms with Crippen LogP contribution in [-0.2, 0) is 11.3 Å². The highest BCUT2D eigenvalue weighted by Gasteiger charge is 2.16. The topological polar surface area (TPSA) is 55.1 Å². The molecule has 88 valence electrons. The molecule has 0 heterocycles. The molecule has 3 nitrogen and oxygen atoms in total. The number of nitrogens with two attached hydrogens (primary N) is 1. The van der Waals surface area contributed by atoms with Gasteiger partial charge in [0.1, 0.15) is 5.82 Å². The highest BCUT2D eigenvalue weighted by molar-refractivity contribution is 5.81. The predicted octanol–water partition coefficient (Wildman–Crippen LogP) is 1.43. The Hall–Kier alpha value is -1.42. The van der Waals surface area contributed by atoms with Crippen LogP contribution in [0.25, 0.3) is 0 Å². The van der Waals surface area contributed by atoms with E-state index in [1.807, 2.05) is 13.8 Å². The molecule has 0 radical (unpaired) electrons. The van der Waals surface area contributed by atoms with Crippen molar-refractivity contribution in [3.05, 3.63) is 35.6 Å². The van der Waals surface area contributed by atoms with Gasteiger partial charge >= 0.3 is 0 Å². The van der Waals surface area contributed by atoms with Crippen LogP contribution in [0.2, 0.25) is 0 Å². The van der Waals surface area contributed by atoms with Crippen LogP contribution in [-0.4, -0.2) is 11.9 Å². The second kappa shape index (κ2) is 5.61. The minimum Gasteiger partial charge on any atom is -0.351 e. The number of amides is 1. The van der Waals surface area contributed by atoms with E-state index in [2.05, 4.69) is 5.32 Å². The molecule has 0 saturated heterocycles. The summed E-state index contributed by atoms with van der Waals surface area (Å²) in [4.78, 5) is 11.5. The smallest absolute Gasteiger partial charge is 0.237 e. The zero-order valence-electron chi connectivity index (χ0n) is 9.53. The summed E-state index contributed by atoms with van der Waals surface area (Å²) in [5, 5.41) is 2.62. The minimum atomic E-state index is -0.549. The van der Waals surface area contributed by atoms with Crippen LogP contribution < -0.4 is 11.1 Å². The Labute approximate surface area is 94.8 Å². The van der Waals surface area contributed by atoms with Crippen molar-refractivity contribution < 1.29 is 9.18 Å². The van der Waals surface area contributed by atoms with Crippen molar-refractivity contribution in [2.75, 3.05) is 0 Å². The molecule has 1 aromatic carbocycles. The van der Waals surface area contributed by atoms with E-state index in [0.717, 1.165) is 0 Å². The molecule has 0 spiro atoms. The molecule has 0 aromatic heterocycles. The molecule has 0 aliphatic carbocycles. The van der Waals surface area contributed by atoms with Gasteiger partial charge in [-0.3, -0.25) is 4.79 Å². The molecular formula is C12H17FN2O. The predicted molar refractivity (Wildman–Crippen MR) is 61.1 cm³/mol. The van der Waals surface area contributed by atoms with Crippen LogP contribution in [0.3, 0.4) is 0 Å². The molecule has 1 aromatic rings. The summed E-state index contributed by atoms with van der Waals surface area (Å²) >= 11 is 0. The van der Waals surface area contributed by atoms with E-state index >= 15 is 0 Å². The quantitative estimate of drug-likeness (QED) is 0.812. The van der Waals surface area contributed by atoms with Gasteiger partial charge in [0.2, 0.25) is 5.91 Å². The molecule has 0 aliphatic heterocycles. The first kappa shape index (κ1) is 12.6. The molecule has 0 fully saturated rings. The fourth-order valence-corrected chi connectivity index (χ4v) is 1.24. The lowest BCUT2D eigenvalue weighted by atomic mass is 10.0. The molecule has 4 heteroatoms. The number of hydrogen-bond acceptors (Lipinski definition) is 2. The number of benzene rings is 1. The molecule has 0 saturated carbocycles. The van der Waals surface area contributed by atoms with Crippen molar-refractivity contribution in [1.29, 1.82) is 0 Å². The highest BCUT2D eigenvalue weighted by Crippen LogP contribution is 2.06. The van der Waals surface area contributed by atoms with Crippen molar-refractivity contribution >= 4 is 5.91 Å². The Balaban J connectivity index is 2.52. The van der Waals surface area contributed by atoms with Crippen molar-refractivity contribution in [1.82, 2.24) is 5.32 Å². The fraction of sp³-hybridized carbons (Fsp3) is 0.417. The summed E-state index contributed by atoms with van der Waals surface area (Å²) in [6.45, 7) is 3.91. The number of nitrogens with one attached hydrogen (secondary N) is 1. The minimum absolute atomic E-state index is 0.0700. The Kier molecular flexibility index (Phi) is 4.43. The van der Waals surface area contributed by atoms with Gasteiger partial charge in [-0.2, -0.15) is 0 Å². The molecule has 16 heavy (non-hydrogen) atoms. The SMILES string of the molecule is CC(C)[C@@H](N)C(=O)NCc1ccccc1F. The van der Waals surface area contributed by atoms with Crippen LogP contribution in [0.1, 0.15) is 19.4 Å². The maximum Gasteiger partial charge on any atom is 0.237 e. The molecule has 0 aliphatic rings. The van der Waals surface area contributed by atoms with Crippen LogP contribution in [0.4, 0.5) is 4.39 Å². The number of rotatable bonds is 4. The van der Waals surface area contributed by atoms with Crippen molar-refractivity contribution in [3.8, 4) is 0 Å². The summed E-state index contributed by atoms with van der Waals surface area (Å²) < 4.78 is 13.2. The van der Waals surface area contributed by atoms with Gasteiger partial charge in [-0.05, 0) is 12.0 Å². The van der Waals surface area contributed by atoms with Crippen molar-refractivity contribution in [2.24, 2.45) is 11.7 Å². The summed E-state index contributed by atoms with van der Waals surface area (Å²) in [5.74, 6) is -0.500. The van der Waals surface area contributed by atoms with E-state index in [1.165, 1.54) is 6.07 Å².